The van der Waals surface area contributed by atoms with Crippen molar-refractivity contribution in [3.63, 3.8) is 0 Å². The summed E-state index contributed by atoms with van der Waals surface area (Å²) in [5, 5.41) is 13.8. The molecule has 0 radical (unpaired) electrons. The maximum absolute atomic E-state index is 12.6. The van der Waals surface area contributed by atoms with Gasteiger partial charge in [-0.05, 0) is 34.7 Å². The lowest BCUT2D eigenvalue weighted by Crippen LogP contribution is -2.02. The third-order valence-electron chi connectivity index (χ3n) is 1.76. The molecular formula is C8H8FN5. The molecule has 2 aromatic rings. The van der Waals surface area contributed by atoms with Crippen molar-refractivity contribution >= 4 is 5.95 Å². The SMILES string of the molecule is CNc1nnnn1-c1ccc(F)cc1. The highest BCUT2D eigenvalue weighted by molar-refractivity contribution is 5.37. The predicted molar refractivity (Wildman–Crippen MR) is 48.7 cm³/mol. The first kappa shape index (κ1) is 8.61. The van der Waals surface area contributed by atoms with Crippen molar-refractivity contribution < 1.29 is 4.39 Å². The molecule has 0 saturated heterocycles. The van der Waals surface area contributed by atoms with E-state index in [1.54, 1.807) is 19.2 Å². The van der Waals surface area contributed by atoms with Crippen molar-refractivity contribution in [2.45, 2.75) is 0 Å². The van der Waals surface area contributed by atoms with Gasteiger partial charge in [0.15, 0.2) is 0 Å². The molecule has 1 heterocycles. The Morgan fingerprint density at radius 1 is 1.29 bits per heavy atom. The Balaban J connectivity index is 2.44. The molecule has 0 atom stereocenters. The Morgan fingerprint density at radius 2 is 2.00 bits per heavy atom. The van der Waals surface area contributed by atoms with Crippen LogP contribution in [0.4, 0.5) is 10.3 Å². The first-order valence-electron chi connectivity index (χ1n) is 4.03. The molecule has 0 aliphatic heterocycles. The third kappa shape index (κ3) is 1.41. The van der Waals surface area contributed by atoms with Gasteiger partial charge in [-0.1, -0.05) is 5.10 Å². The highest BCUT2D eigenvalue weighted by atomic mass is 19.1. The van der Waals surface area contributed by atoms with Crippen LogP contribution in [-0.2, 0) is 0 Å². The smallest absolute Gasteiger partial charge is 0.247 e. The molecule has 0 fully saturated rings. The van der Waals surface area contributed by atoms with Gasteiger partial charge in [-0.15, -0.1) is 0 Å². The Kier molecular flexibility index (Phi) is 2.10. The van der Waals surface area contributed by atoms with Crippen LogP contribution >= 0.6 is 0 Å². The molecule has 2 rings (SSSR count). The summed E-state index contributed by atoms with van der Waals surface area (Å²) in [6, 6.07) is 5.92. The number of nitrogens with one attached hydrogen (secondary N) is 1. The van der Waals surface area contributed by atoms with Gasteiger partial charge in [0.05, 0.1) is 5.69 Å². The van der Waals surface area contributed by atoms with E-state index >= 15 is 0 Å². The fourth-order valence-corrected chi connectivity index (χ4v) is 1.10. The van der Waals surface area contributed by atoms with Crippen LogP contribution in [0.1, 0.15) is 0 Å². The van der Waals surface area contributed by atoms with Crippen LogP contribution in [0, 0.1) is 5.82 Å². The van der Waals surface area contributed by atoms with Crippen molar-refractivity contribution in [3.05, 3.63) is 30.1 Å². The lowest BCUT2D eigenvalue weighted by molar-refractivity contribution is 0.627. The van der Waals surface area contributed by atoms with E-state index in [4.69, 9.17) is 0 Å². The number of hydrogen-bond acceptors (Lipinski definition) is 4. The summed E-state index contributed by atoms with van der Waals surface area (Å²) in [5.41, 5.74) is 0.709. The van der Waals surface area contributed by atoms with E-state index in [0.717, 1.165) is 0 Å². The van der Waals surface area contributed by atoms with E-state index in [9.17, 15) is 4.39 Å². The highest BCUT2D eigenvalue weighted by Gasteiger charge is 2.05. The molecule has 0 aliphatic carbocycles. The van der Waals surface area contributed by atoms with E-state index in [1.807, 2.05) is 0 Å². The van der Waals surface area contributed by atoms with Gasteiger partial charge >= 0.3 is 0 Å². The molecule has 0 amide bonds. The third-order valence-corrected chi connectivity index (χ3v) is 1.76. The van der Waals surface area contributed by atoms with Gasteiger partial charge < -0.3 is 5.32 Å². The Labute approximate surface area is 79.6 Å². The van der Waals surface area contributed by atoms with Crippen molar-refractivity contribution in [3.8, 4) is 5.69 Å². The molecule has 0 bridgehead atoms. The molecule has 1 aromatic carbocycles. The highest BCUT2D eigenvalue weighted by Crippen LogP contribution is 2.10. The van der Waals surface area contributed by atoms with Gasteiger partial charge in [-0.2, -0.15) is 4.68 Å². The standard InChI is InChI=1S/C8H8FN5/c1-10-8-11-12-13-14(8)7-4-2-6(9)3-5-7/h2-5H,1H3,(H,10,11,13). The van der Waals surface area contributed by atoms with E-state index in [0.29, 0.717) is 11.6 Å². The van der Waals surface area contributed by atoms with Crippen LogP contribution in [0.15, 0.2) is 24.3 Å². The second-order valence-electron chi connectivity index (χ2n) is 2.64. The number of benzene rings is 1. The van der Waals surface area contributed by atoms with Crippen LogP contribution in [-0.4, -0.2) is 27.3 Å². The van der Waals surface area contributed by atoms with Crippen molar-refractivity contribution in [1.29, 1.82) is 0 Å². The van der Waals surface area contributed by atoms with Gasteiger partial charge in [0.1, 0.15) is 5.82 Å². The number of halogens is 1. The molecule has 0 unspecified atom stereocenters. The van der Waals surface area contributed by atoms with Crippen molar-refractivity contribution in [2.75, 3.05) is 12.4 Å². The second-order valence-corrected chi connectivity index (χ2v) is 2.64. The number of anilines is 1. The van der Waals surface area contributed by atoms with Crippen LogP contribution in [0.3, 0.4) is 0 Å². The van der Waals surface area contributed by atoms with Crippen molar-refractivity contribution in [2.24, 2.45) is 0 Å². The normalized spacial score (nSPS) is 10.1. The number of aromatic nitrogens is 4. The monoisotopic (exact) mass is 193 g/mol. The first-order chi connectivity index (χ1) is 6.81. The summed E-state index contributed by atoms with van der Waals surface area (Å²) in [5.74, 6) is 0.226. The lowest BCUT2D eigenvalue weighted by atomic mass is 10.3. The summed E-state index contributed by atoms with van der Waals surface area (Å²) >= 11 is 0. The van der Waals surface area contributed by atoms with Gasteiger partial charge in [0.2, 0.25) is 5.95 Å². The van der Waals surface area contributed by atoms with Crippen LogP contribution in [0.2, 0.25) is 0 Å². The largest absolute Gasteiger partial charge is 0.356 e. The average molecular weight is 193 g/mol. The zero-order valence-corrected chi connectivity index (χ0v) is 7.48. The Hall–Kier alpha value is -1.98. The molecule has 0 saturated carbocycles. The van der Waals surface area contributed by atoms with E-state index in [-0.39, 0.29) is 5.82 Å². The minimum absolute atomic E-state index is 0.284. The zero-order valence-electron chi connectivity index (χ0n) is 7.48. The van der Waals surface area contributed by atoms with E-state index in [2.05, 4.69) is 20.8 Å². The molecule has 0 aliphatic rings. The summed E-state index contributed by atoms with van der Waals surface area (Å²) in [6.45, 7) is 0. The lowest BCUT2D eigenvalue weighted by Gasteiger charge is -2.02. The topological polar surface area (TPSA) is 55.6 Å². The summed E-state index contributed by atoms with van der Waals surface area (Å²) < 4.78 is 14.1. The van der Waals surface area contributed by atoms with Gasteiger partial charge in [-0.3, -0.25) is 0 Å². The Morgan fingerprint density at radius 3 is 2.64 bits per heavy atom. The summed E-state index contributed by atoms with van der Waals surface area (Å²) in [6.07, 6.45) is 0. The predicted octanol–water partition coefficient (Wildman–Crippen LogP) is 0.843. The molecule has 1 aromatic heterocycles. The number of rotatable bonds is 2. The molecule has 0 spiro atoms. The summed E-state index contributed by atoms with van der Waals surface area (Å²) in [4.78, 5) is 0. The van der Waals surface area contributed by atoms with Crippen LogP contribution in [0.5, 0.6) is 0 Å². The maximum atomic E-state index is 12.6. The number of hydrogen-bond donors (Lipinski definition) is 1. The quantitative estimate of drug-likeness (QED) is 0.768. The van der Waals surface area contributed by atoms with E-state index in [1.165, 1.54) is 16.8 Å². The van der Waals surface area contributed by atoms with Gasteiger partial charge in [0, 0.05) is 7.05 Å². The van der Waals surface area contributed by atoms with Crippen LogP contribution < -0.4 is 5.32 Å². The molecule has 6 heteroatoms. The number of nitrogens with zero attached hydrogens (tertiary/aromatic N) is 4. The fraction of sp³-hybridized carbons (Fsp3) is 0.125. The second kappa shape index (κ2) is 3.41. The Bertz CT molecular complexity index is 422. The zero-order chi connectivity index (χ0) is 9.97. The van der Waals surface area contributed by atoms with Crippen molar-refractivity contribution in [1.82, 2.24) is 20.2 Å². The fourth-order valence-electron chi connectivity index (χ4n) is 1.10. The molecule has 5 nitrogen and oxygen atoms in total. The molecule has 14 heavy (non-hydrogen) atoms. The molecule has 1 N–H and O–H groups in total. The first-order valence-corrected chi connectivity index (χ1v) is 4.03. The van der Waals surface area contributed by atoms with Gasteiger partial charge in [0.25, 0.3) is 0 Å². The van der Waals surface area contributed by atoms with E-state index < -0.39 is 0 Å². The average Bonchev–Trinajstić information content (AvgIpc) is 2.67. The molecule has 72 valence electrons. The maximum Gasteiger partial charge on any atom is 0.247 e. The minimum Gasteiger partial charge on any atom is -0.356 e. The summed E-state index contributed by atoms with van der Waals surface area (Å²) in [7, 11) is 1.71. The van der Waals surface area contributed by atoms with Gasteiger partial charge in [-0.25, -0.2) is 4.39 Å². The van der Waals surface area contributed by atoms with Crippen LogP contribution in [0.25, 0.3) is 5.69 Å². The minimum atomic E-state index is -0.284. The molecular weight excluding hydrogens is 185 g/mol. The number of tetrazole rings is 1.